The minimum absolute atomic E-state index is 0.280. The van der Waals surface area contributed by atoms with Crippen molar-refractivity contribution in [1.29, 1.82) is 0 Å². The molecule has 28 heavy (non-hydrogen) atoms. The molecule has 0 bridgehead atoms. The molecule has 0 saturated heterocycles. The number of ether oxygens (including phenoxy) is 1. The predicted molar refractivity (Wildman–Crippen MR) is 112 cm³/mol. The van der Waals surface area contributed by atoms with Gasteiger partial charge in [-0.1, -0.05) is 12.1 Å². The van der Waals surface area contributed by atoms with E-state index in [9.17, 15) is 4.79 Å². The first-order valence-electron chi connectivity index (χ1n) is 9.01. The number of benzene rings is 2. The first-order chi connectivity index (χ1) is 13.4. The van der Waals surface area contributed by atoms with Crippen molar-refractivity contribution < 1.29 is 9.53 Å². The lowest BCUT2D eigenvalue weighted by molar-refractivity contribution is 0.102. The summed E-state index contributed by atoms with van der Waals surface area (Å²) in [5.74, 6) is 0.653. The molecule has 0 saturated carbocycles. The highest BCUT2D eigenvalue weighted by atomic mass is 16.5. The average Bonchev–Trinajstić information content (AvgIpc) is 2.64. The summed E-state index contributed by atoms with van der Waals surface area (Å²) >= 11 is 0. The van der Waals surface area contributed by atoms with E-state index in [0.29, 0.717) is 23.1 Å². The second-order valence-electron chi connectivity index (χ2n) is 6.80. The Morgan fingerprint density at radius 3 is 2.43 bits per heavy atom. The highest BCUT2D eigenvalue weighted by Crippen LogP contribution is 2.26. The molecule has 2 aromatic carbocycles. The molecular formula is C22H24N4O2. The van der Waals surface area contributed by atoms with Crippen LogP contribution in [0.25, 0.3) is 0 Å². The van der Waals surface area contributed by atoms with E-state index in [1.54, 1.807) is 13.2 Å². The van der Waals surface area contributed by atoms with Gasteiger partial charge in [-0.15, -0.1) is 0 Å². The van der Waals surface area contributed by atoms with Crippen molar-refractivity contribution in [2.75, 3.05) is 17.7 Å². The van der Waals surface area contributed by atoms with Crippen molar-refractivity contribution in [2.24, 2.45) is 0 Å². The van der Waals surface area contributed by atoms with E-state index in [1.165, 1.54) is 11.1 Å². The summed E-state index contributed by atoms with van der Waals surface area (Å²) < 4.78 is 5.32. The lowest BCUT2D eigenvalue weighted by Crippen LogP contribution is -2.16. The molecule has 0 atom stereocenters. The zero-order valence-electron chi connectivity index (χ0n) is 16.8. The third kappa shape index (κ3) is 4.46. The molecule has 0 aliphatic heterocycles. The third-order valence-electron chi connectivity index (χ3n) is 4.45. The van der Waals surface area contributed by atoms with Gasteiger partial charge in [-0.3, -0.25) is 4.79 Å². The molecule has 1 amide bonds. The van der Waals surface area contributed by atoms with E-state index in [1.807, 2.05) is 57.2 Å². The summed E-state index contributed by atoms with van der Waals surface area (Å²) in [5.41, 5.74) is 5.86. The normalized spacial score (nSPS) is 10.5. The highest BCUT2D eigenvalue weighted by molar-refractivity contribution is 6.04. The number of rotatable bonds is 5. The number of nitrogens with one attached hydrogen (secondary N) is 2. The van der Waals surface area contributed by atoms with Crippen LogP contribution in [0.15, 0.2) is 42.5 Å². The fourth-order valence-corrected chi connectivity index (χ4v) is 2.79. The largest absolute Gasteiger partial charge is 0.495 e. The smallest absolute Gasteiger partial charge is 0.274 e. The Hall–Kier alpha value is -3.41. The number of hydrogen-bond acceptors (Lipinski definition) is 5. The van der Waals surface area contributed by atoms with Gasteiger partial charge in [0.05, 0.1) is 12.8 Å². The van der Waals surface area contributed by atoms with Gasteiger partial charge in [0.25, 0.3) is 5.91 Å². The zero-order valence-corrected chi connectivity index (χ0v) is 16.8. The SMILES string of the molecule is COc1ccc(C)cc1NC(=O)c1cc(C)nc(Nc2ccc(C)c(C)c2)n1. The molecule has 1 heterocycles. The Kier molecular flexibility index (Phi) is 5.59. The fourth-order valence-electron chi connectivity index (χ4n) is 2.79. The molecule has 0 radical (unpaired) electrons. The Labute approximate surface area is 165 Å². The topological polar surface area (TPSA) is 76.1 Å². The van der Waals surface area contributed by atoms with Gasteiger partial charge in [0.15, 0.2) is 0 Å². The van der Waals surface area contributed by atoms with Crippen molar-refractivity contribution >= 4 is 23.2 Å². The Morgan fingerprint density at radius 1 is 0.929 bits per heavy atom. The van der Waals surface area contributed by atoms with E-state index in [2.05, 4.69) is 27.5 Å². The van der Waals surface area contributed by atoms with Gasteiger partial charge in [-0.2, -0.15) is 0 Å². The van der Waals surface area contributed by atoms with Crippen LogP contribution in [0.3, 0.4) is 0 Å². The zero-order chi connectivity index (χ0) is 20.3. The van der Waals surface area contributed by atoms with Gasteiger partial charge in [0.2, 0.25) is 5.95 Å². The predicted octanol–water partition coefficient (Wildman–Crippen LogP) is 4.71. The van der Waals surface area contributed by atoms with E-state index >= 15 is 0 Å². The lowest BCUT2D eigenvalue weighted by Gasteiger charge is -2.12. The first kappa shape index (κ1) is 19.4. The maximum Gasteiger partial charge on any atom is 0.274 e. The van der Waals surface area contributed by atoms with Crippen LogP contribution in [0.2, 0.25) is 0 Å². The third-order valence-corrected chi connectivity index (χ3v) is 4.45. The fraction of sp³-hybridized carbons (Fsp3) is 0.227. The number of carbonyl (C=O) groups is 1. The van der Waals surface area contributed by atoms with Crippen LogP contribution in [-0.2, 0) is 0 Å². The Morgan fingerprint density at radius 2 is 1.71 bits per heavy atom. The molecule has 6 nitrogen and oxygen atoms in total. The minimum atomic E-state index is -0.322. The molecule has 0 aliphatic carbocycles. The van der Waals surface area contributed by atoms with Crippen molar-refractivity contribution in [2.45, 2.75) is 27.7 Å². The summed E-state index contributed by atoms with van der Waals surface area (Å²) in [7, 11) is 1.57. The van der Waals surface area contributed by atoms with E-state index in [-0.39, 0.29) is 11.6 Å². The van der Waals surface area contributed by atoms with E-state index < -0.39 is 0 Å². The standard InChI is InChI=1S/C22H24N4O2/c1-13-6-9-20(28-5)18(10-13)25-21(27)19-12-16(4)23-22(26-19)24-17-8-7-14(2)15(3)11-17/h6-12H,1-5H3,(H,25,27)(H,23,24,26). The summed E-state index contributed by atoms with van der Waals surface area (Å²) in [6, 6.07) is 13.3. The Balaban J connectivity index is 1.85. The number of carbonyl (C=O) groups excluding carboxylic acids is 1. The Bertz CT molecular complexity index is 1030. The average molecular weight is 376 g/mol. The summed E-state index contributed by atoms with van der Waals surface area (Å²) in [5, 5.41) is 6.05. The molecule has 1 aromatic heterocycles. The highest BCUT2D eigenvalue weighted by Gasteiger charge is 2.14. The summed E-state index contributed by atoms with van der Waals surface area (Å²) in [4.78, 5) is 21.5. The second kappa shape index (κ2) is 8.08. The lowest BCUT2D eigenvalue weighted by atomic mass is 10.1. The van der Waals surface area contributed by atoms with E-state index in [4.69, 9.17) is 4.74 Å². The quantitative estimate of drug-likeness (QED) is 0.674. The molecule has 0 aliphatic rings. The van der Waals surface area contributed by atoms with Gasteiger partial charge < -0.3 is 15.4 Å². The van der Waals surface area contributed by atoms with Gasteiger partial charge in [0.1, 0.15) is 11.4 Å². The monoisotopic (exact) mass is 376 g/mol. The summed E-state index contributed by atoms with van der Waals surface area (Å²) in [6.07, 6.45) is 0. The second-order valence-corrected chi connectivity index (χ2v) is 6.80. The molecule has 3 aromatic rings. The molecule has 0 fully saturated rings. The van der Waals surface area contributed by atoms with Crippen LogP contribution >= 0.6 is 0 Å². The van der Waals surface area contributed by atoms with Crippen LogP contribution in [0.1, 0.15) is 32.9 Å². The number of amides is 1. The van der Waals surface area contributed by atoms with Crippen molar-refractivity contribution in [3.63, 3.8) is 0 Å². The van der Waals surface area contributed by atoms with Crippen LogP contribution in [0.4, 0.5) is 17.3 Å². The number of aryl methyl sites for hydroxylation is 4. The molecule has 6 heteroatoms. The molecule has 0 spiro atoms. The van der Waals surface area contributed by atoms with Gasteiger partial charge >= 0.3 is 0 Å². The maximum atomic E-state index is 12.8. The molecule has 3 rings (SSSR count). The van der Waals surface area contributed by atoms with Gasteiger partial charge in [0, 0.05) is 11.4 Å². The van der Waals surface area contributed by atoms with Gasteiger partial charge in [-0.25, -0.2) is 9.97 Å². The number of nitrogens with zero attached hydrogens (tertiary/aromatic N) is 2. The van der Waals surface area contributed by atoms with Crippen LogP contribution in [-0.4, -0.2) is 23.0 Å². The van der Waals surface area contributed by atoms with Crippen molar-refractivity contribution in [3.8, 4) is 5.75 Å². The van der Waals surface area contributed by atoms with Crippen LogP contribution < -0.4 is 15.4 Å². The number of methoxy groups -OCH3 is 1. The maximum absolute atomic E-state index is 12.8. The van der Waals surface area contributed by atoms with Crippen molar-refractivity contribution in [1.82, 2.24) is 9.97 Å². The molecule has 0 unspecified atom stereocenters. The first-order valence-corrected chi connectivity index (χ1v) is 9.01. The van der Waals surface area contributed by atoms with Crippen LogP contribution in [0, 0.1) is 27.7 Å². The van der Waals surface area contributed by atoms with Gasteiger partial charge in [-0.05, 0) is 74.7 Å². The minimum Gasteiger partial charge on any atom is -0.495 e. The number of hydrogen-bond donors (Lipinski definition) is 2. The number of aromatic nitrogens is 2. The van der Waals surface area contributed by atoms with Crippen molar-refractivity contribution in [3.05, 3.63) is 70.5 Å². The molecule has 144 valence electrons. The summed E-state index contributed by atoms with van der Waals surface area (Å²) in [6.45, 7) is 7.89. The molecular weight excluding hydrogens is 352 g/mol. The molecule has 2 N–H and O–H groups in total. The number of anilines is 3. The van der Waals surface area contributed by atoms with E-state index in [0.717, 1.165) is 11.3 Å². The van der Waals surface area contributed by atoms with Crippen LogP contribution in [0.5, 0.6) is 5.75 Å².